The summed E-state index contributed by atoms with van der Waals surface area (Å²) in [5, 5.41) is 6.35. The summed E-state index contributed by atoms with van der Waals surface area (Å²) < 4.78 is 5.50. The van der Waals surface area contributed by atoms with Crippen molar-refractivity contribution in [2.75, 3.05) is 64.4 Å². The number of rotatable bonds is 7. The number of anilines is 1. The Hall–Kier alpha value is -2.08. The van der Waals surface area contributed by atoms with Gasteiger partial charge in [-0.15, -0.1) is 24.0 Å². The third-order valence-corrected chi connectivity index (χ3v) is 5.35. The molecule has 0 spiro atoms. The second-order valence-electron chi connectivity index (χ2n) is 8.11. The van der Waals surface area contributed by atoms with Gasteiger partial charge in [0.2, 0.25) is 5.91 Å². The smallest absolute Gasteiger partial charge is 0.265 e. The van der Waals surface area contributed by atoms with Gasteiger partial charge in [0, 0.05) is 52.4 Å². The van der Waals surface area contributed by atoms with Crippen LogP contribution in [0.4, 0.5) is 5.69 Å². The highest BCUT2D eigenvalue weighted by molar-refractivity contribution is 14.0. The van der Waals surface area contributed by atoms with E-state index < -0.39 is 0 Å². The van der Waals surface area contributed by atoms with E-state index in [4.69, 9.17) is 4.74 Å². The minimum absolute atomic E-state index is 0. The highest BCUT2D eigenvalue weighted by Crippen LogP contribution is 2.31. The third kappa shape index (κ3) is 7.22. The van der Waals surface area contributed by atoms with Crippen molar-refractivity contribution >= 4 is 47.4 Å². The molecule has 2 aliphatic rings. The molecule has 2 amide bonds. The van der Waals surface area contributed by atoms with E-state index in [2.05, 4.69) is 25.4 Å². The molecule has 1 saturated heterocycles. The molecule has 2 N–H and O–H groups in total. The number of hydrogen-bond donors (Lipinski definition) is 2. The van der Waals surface area contributed by atoms with Gasteiger partial charge in [-0.3, -0.25) is 19.5 Å². The molecule has 10 heteroatoms. The van der Waals surface area contributed by atoms with E-state index in [0.29, 0.717) is 13.1 Å². The first-order valence-corrected chi connectivity index (χ1v) is 11.0. The van der Waals surface area contributed by atoms with E-state index >= 15 is 0 Å². The molecule has 0 bridgehead atoms. The molecule has 0 radical (unpaired) electrons. The molecular formula is C22H35IN6O3. The zero-order chi connectivity index (χ0) is 22.2. The third-order valence-electron chi connectivity index (χ3n) is 5.35. The molecule has 1 aromatic rings. The second-order valence-corrected chi connectivity index (χ2v) is 8.11. The topological polar surface area (TPSA) is 89.5 Å². The Balaban J connectivity index is 0.00000363. The number of ether oxygens (including phenoxy) is 1. The zero-order valence-electron chi connectivity index (χ0n) is 19.2. The van der Waals surface area contributed by atoms with Gasteiger partial charge in [-0.2, -0.15) is 0 Å². The number of piperazine rings is 1. The summed E-state index contributed by atoms with van der Waals surface area (Å²) in [6.45, 7) is 9.11. The summed E-state index contributed by atoms with van der Waals surface area (Å²) in [4.78, 5) is 34.8. The minimum Gasteiger partial charge on any atom is -0.482 e. The first kappa shape index (κ1) is 26.2. The van der Waals surface area contributed by atoms with Gasteiger partial charge in [0.1, 0.15) is 5.75 Å². The molecule has 0 atom stereocenters. The number of hydrogen-bond acceptors (Lipinski definition) is 5. The fourth-order valence-corrected chi connectivity index (χ4v) is 3.86. The average Bonchev–Trinajstić information content (AvgIpc) is 2.75. The monoisotopic (exact) mass is 558 g/mol. The Morgan fingerprint density at radius 1 is 1.19 bits per heavy atom. The first-order valence-electron chi connectivity index (χ1n) is 11.0. The van der Waals surface area contributed by atoms with Crippen LogP contribution in [0.1, 0.15) is 20.3 Å². The SMILES string of the molecule is CN=C(NCCCN1C(=O)COc2ccccc21)N1CCN(CC(=O)NC(C)C)CC1.I. The van der Waals surface area contributed by atoms with Crippen molar-refractivity contribution in [1.82, 2.24) is 20.4 Å². The molecule has 9 nitrogen and oxygen atoms in total. The normalized spacial score (nSPS) is 16.9. The summed E-state index contributed by atoms with van der Waals surface area (Å²) in [5.41, 5.74) is 0.834. The van der Waals surface area contributed by atoms with Crippen LogP contribution < -0.4 is 20.3 Å². The number of nitrogens with one attached hydrogen (secondary N) is 2. The molecular weight excluding hydrogens is 523 g/mol. The van der Waals surface area contributed by atoms with E-state index in [0.717, 1.165) is 56.5 Å². The van der Waals surface area contributed by atoms with Crippen molar-refractivity contribution < 1.29 is 14.3 Å². The van der Waals surface area contributed by atoms with Gasteiger partial charge in [-0.25, -0.2) is 0 Å². The standard InChI is InChI=1S/C22H34N6O3.HI/c1-17(2)25-20(29)15-26-11-13-27(14-12-26)22(23-3)24-9-6-10-28-18-7-4-5-8-19(18)31-16-21(28)30;/h4-5,7-8,17H,6,9-16H2,1-3H3,(H,23,24)(H,25,29);1H. The first-order chi connectivity index (χ1) is 15.0. The number of amides is 2. The van der Waals surface area contributed by atoms with E-state index in [9.17, 15) is 9.59 Å². The molecule has 0 aliphatic carbocycles. The Labute approximate surface area is 207 Å². The van der Waals surface area contributed by atoms with Crippen LogP contribution in [0.2, 0.25) is 0 Å². The van der Waals surface area contributed by atoms with Crippen molar-refractivity contribution in [3.63, 3.8) is 0 Å². The van der Waals surface area contributed by atoms with Crippen LogP contribution >= 0.6 is 24.0 Å². The Morgan fingerprint density at radius 2 is 1.91 bits per heavy atom. The fraction of sp³-hybridized carbons (Fsp3) is 0.591. The van der Waals surface area contributed by atoms with Crippen LogP contribution in [-0.4, -0.2) is 93.1 Å². The number of para-hydroxylation sites is 2. The Kier molecular flexibility index (Phi) is 10.5. The zero-order valence-corrected chi connectivity index (χ0v) is 21.5. The number of nitrogens with zero attached hydrogens (tertiary/aromatic N) is 4. The van der Waals surface area contributed by atoms with Gasteiger partial charge in [0.25, 0.3) is 5.91 Å². The van der Waals surface area contributed by atoms with Crippen molar-refractivity contribution in [2.24, 2.45) is 4.99 Å². The lowest BCUT2D eigenvalue weighted by Crippen LogP contribution is -2.54. The molecule has 178 valence electrons. The Morgan fingerprint density at radius 3 is 2.59 bits per heavy atom. The molecule has 32 heavy (non-hydrogen) atoms. The van der Waals surface area contributed by atoms with Crippen molar-refractivity contribution in [3.05, 3.63) is 24.3 Å². The maximum Gasteiger partial charge on any atom is 0.265 e. The van der Waals surface area contributed by atoms with E-state index in [-0.39, 0.29) is 48.4 Å². The van der Waals surface area contributed by atoms with Gasteiger partial charge in [-0.05, 0) is 32.4 Å². The number of benzene rings is 1. The summed E-state index contributed by atoms with van der Waals surface area (Å²) >= 11 is 0. The minimum atomic E-state index is -0.0132. The molecule has 2 aliphatic heterocycles. The highest BCUT2D eigenvalue weighted by atomic mass is 127. The fourth-order valence-electron chi connectivity index (χ4n) is 3.86. The summed E-state index contributed by atoms with van der Waals surface area (Å²) in [5.74, 6) is 1.68. The van der Waals surface area contributed by atoms with E-state index in [1.54, 1.807) is 11.9 Å². The number of halogens is 1. The maximum absolute atomic E-state index is 12.3. The number of guanidine groups is 1. The van der Waals surface area contributed by atoms with Crippen LogP contribution in [-0.2, 0) is 9.59 Å². The van der Waals surface area contributed by atoms with Crippen LogP contribution in [0.3, 0.4) is 0 Å². The van der Waals surface area contributed by atoms with Gasteiger partial charge in [0.05, 0.1) is 12.2 Å². The lowest BCUT2D eigenvalue weighted by molar-refractivity contribution is -0.123. The molecule has 0 unspecified atom stereocenters. The number of carbonyl (C=O) groups excluding carboxylic acids is 2. The van der Waals surface area contributed by atoms with Crippen molar-refractivity contribution in [3.8, 4) is 5.75 Å². The van der Waals surface area contributed by atoms with Gasteiger partial charge < -0.3 is 25.2 Å². The van der Waals surface area contributed by atoms with Crippen LogP contribution in [0.15, 0.2) is 29.3 Å². The van der Waals surface area contributed by atoms with Gasteiger partial charge in [0.15, 0.2) is 12.6 Å². The predicted octanol–water partition coefficient (Wildman–Crippen LogP) is 1.14. The lowest BCUT2D eigenvalue weighted by atomic mass is 10.2. The van der Waals surface area contributed by atoms with Crippen LogP contribution in [0, 0.1) is 0 Å². The second kappa shape index (κ2) is 12.8. The molecule has 3 rings (SSSR count). The molecule has 1 fully saturated rings. The van der Waals surface area contributed by atoms with Gasteiger partial charge in [-0.1, -0.05) is 12.1 Å². The molecule has 2 heterocycles. The quantitative estimate of drug-likeness (QED) is 0.226. The summed E-state index contributed by atoms with van der Waals surface area (Å²) in [6.07, 6.45) is 0.800. The number of carbonyl (C=O) groups is 2. The largest absolute Gasteiger partial charge is 0.482 e. The van der Waals surface area contributed by atoms with Crippen molar-refractivity contribution in [1.29, 1.82) is 0 Å². The summed E-state index contributed by atoms with van der Waals surface area (Å²) in [7, 11) is 1.78. The lowest BCUT2D eigenvalue weighted by Gasteiger charge is -2.36. The number of fused-ring (bicyclic) bond motifs is 1. The molecule has 0 saturated carbocycles. The summed E-state index contributed by atoms with van der Waals surface area (Å²) in [6, 6.07) is 7.80. The van der Waals surface area contributed by atoms with E-state index in [1.807, 2.05) is 38.1 Å². The molecule has 1 aromatic carbocycles. The maximum atomic E-state index is 12.3. The predicted molar refractivity (Wildman–Crippen MR) is 137 cm³/mol. The van der Waals surface area contributed by atoms with E-state index in [1.165, 1.54) is 0 Å². The van der Waals surface area contributed by atoms with Crippen molar-refractivity contribution in [2.45, 2.75) is 26.3 Å². The number of aliphatic imine (C=N–C) groups is 1. The van der Waals surface area contributed by atoms with Gasteiger partial charge >= 0.3 is 0 Å². The molecule has 0 aromatic heterocycles. The Bertz CT molecular complexity index is 796. The van der Waals surface area contributed by atoms with Crippen LogP contribution in [0.5, 0.6) is 5.75 Å². The highest BCUT2D eigenvalue weighted by Gasteiger charge is 2.25. The van der Waals surface area contributed by atoms with Crippen LogP contribution in [0.25, 0.3) is 0 Å². The average molecular weight is 558 g/mol.